The molecule has 1 aromatic carbocycles. The smallest absolute Gasteiger partial charge is 0.216 e. The molecule has 2 unspecified atom stereocenters. The third-order valence-electron chi connectivity index (χ3n) is 3.40. The van der Waals surface area contributed by atoms with Crippen molar-refractivity contribution in [2.24, 2.45) is 5.92 Å². The van der Waals surface area contributed by atoms with E-state index in [-0.39, 0.29) is 18.4 Å². The first-order valence-corrected chi connectivity index (χ1v) is 8.70. The fraction of sp³-hybridized carbons (Fsp3) is 0.600. The molecule has 0 saturated carbocycles. The third kappa shape index (κ3) is 6.03. The lowest BCUT2D eigenvalue weighted by molar-refractivity contribution is 0.282. The van der Waals surface area contributed by atoms with E-state index < -0.39 is 10.0 Å². The Kier molecular flexibility index (Phi) is 6.65. The minimum Gasteiger partial charge on any atom is -0.392 e. The van der Waals surface area contributed by atoms with Gasteiger partial charge in [0.15, 0.2) is 0 Å². The van der Waals surface area contributed by atoms with Gasteiger partial charge in [-0.1, -0.05) is 44.5 Å². The Labute approximate surface area is 122 Å². The molecule has 1 rings (SSSR count). The summed E-state index contributed by atoms with van der Waals surface area (Å²) < 4.78 is 26.9. The van der Waals surface area contributed by atoms with Gasteiger partial charge in [0.05, 0.1) is 12.4 Å². The predicted octanol–water partition coefficient (Wildman–Crippen LogP) is 2.42. The molecule has 114 valence electrons. The van der Waals surface area contributed by atoms with Crippen molar-refractivity contribution in [3.05, 3.63) is 35.4 Å². The van der Waals surface area contributed by atoms with Crippen LogP contribution < -0.4 is 4.72 Å². The first-order chi connectivity index (χ1) is 9.36. The van der Waals surface area contributed by atoms with E-state index in [2.05, 4.69) is 18.6 Å². The molecular weight excluding hydrogens is 274 g/mol. The van der Waals surface area contributed by atoms with Crippen molar-refractivity contribution in [1.82, 2.24) is 4.72 Å². The summed E-state index contributed by atoms with van der Waals surface area (Å²) in [7, 11) is -3.32. The van der Waals surface area contributed by atoms with E-state index >= 15 is 0 Å². The van der Waals surface area contributed by atoms with E-state index in [9.17, 15) is 8.42 Å². The summed E-state index contributed by atoms with van der Waals surface area (Å²) in [6, 6.07) is 6.92. The molecule has 4 nitrogen and oxygen atoms in total. The molecule has 0 radical (unpaired) electrons. The van der Waals surface area contributed by atoms with E-state index in [4.69, 9.17) is 5.11 Å². The lowest BCUT2D eigenvalue weighted by Gasteiger charge is -2.17. The van der Waals surface area contributed by atoms with Crippen molar-refractivity contribution in [2.75, 3.05) is 0 Å². The number of sulfonamides is 1. The maximum Gasteiger partial charge on any atom is 0.216 e. The van der Waals surface area contributed by atoms with Crippen LogP contribution in [0.5, 0.6) is 0 Å². The predicted molar refractivity (Wildman–Crippen MR) is 81.7 cm³/mol. The van der Waals surface area contributed by atoms with Crippen molar-refractivity contribution in [3.8, 4) is 0 Å². The molecule has 20 heavy (non-hydrogen) atoms. The van der Waals surface area contributed by atoms with Gasteiger partial charge in [-0.05, 0) is 30.4 Å². The van der Waals surface area contributed by atoms with Crippen LogP contribution in [0.1, 0.15) is 44.7 Å². The summed E-state index contributed by atoms with van der Waals surface area (Å²) >= 11 is 0. The first kappa shape index (κ1) is 17.1. The number of nitrogens with one attached hydrogen (secondary N) is 1. The molecule has 1 aromatic rings. The molecule has 5 heteroatoms. The van der Waals surface area contributed by atoms with Crippen molar-refractivity contribution in [1.29, 1.82) is 0 Å². The minimum atomic E-state index is -3.32. The van der Waals surface area contributed by atoms with Gasteiger partial charge in [0, 0.05) is 6.04 Å². The Hall–Kier alpha value is -0.910. The van der Waals surface area contributed by atoms with Crippen LogP contribution in [0, 0.1) is 5.92 Å². The number of benzene rings is 1. The van der Waals surface area contributed by atoms with Gasteiger partial charge in [0.1, 0.15) is 0 Å². The first-order valence-electron chi connectivity index (χ1n) is 7.05. The molecule has 0 fully saturated rings. The van der Waals surface area contributed by atoms with Crippen molar-refractivity contribution >= 4 is 10.0 Å². The van der Waals surface area contributed by atoms with Crippen LogP contribution >= 0.6 is 0 Å². The van der Waals surface area contributed by atoms with Crippen LogP contribution in [0.25, 0.3) is 0 Å². The maximum atomic E-state index is 12.1. The summed E-state index contributed by atoms with van der Waals surface area (Å²) in [5.41, 5.74) is 1.51. The molecule has 0 aliphatic carbocycles. The summed E-state index contributed by atoms with van der Waals surface area (Å²) in [5, 5.41) is 8.96. The Morgan fingerprint density at radius 3 is 2.20 bits per heavy atom. The van der Waals surface area contributed by atoms with Gasteiger partial charge in [0.2, 0.25) is 10.0 Å². The van der Waals surface area contributed by atoms with E-state index in [1.54, 1.807) is 24.3 Å². The van der Waals surface area contributed by atoms with Crippen molar-refractivity contribution < 1.29 is 13.5 Å². The molecular formula is C15H25NO3S. The molecule has 0 heterocycles. The monoisotopic (exact) mass is 299 g/mol. The molecule has 0 saturated heterocycles. The quantitative estimate of drug-likeness (QED) is 0.774. The highest BCUT2D eigenvalue weighted by atomic mass is 32.2. The van der Waals surface area contributed by atoms with Gasteiger partial charge >= 0.3 is 0 Å². The average Bonchev–Trinajstić information content (AvgIpc) is 2.38. The Balaban J connectivity index is 2.60. The lowest BCUT2D eigenvalue weighted by atomic mass is 10.0. The highest BCUT2D eigenvalue weighted by molar-refractivity contribution is 7.88. The number of hydrogen-bond donors (Lipinski definition) is 2. The average molecular weight is 299 g/mol. The molecule has 0 spiro atoms. The molecule has 0 amide bonds. The van der Waals surface area contributed by atoms with Gasteiger partial charge in [-0.15, -0.1) is 0 Å². The van der Waals surface area contributed by atoms with Gasteiger partial charge in [-0.2, -0.15) is 0 Å². The molecule has 0 bridgehead atoms. The van der Waals surface area contributed by atoms with Gasteiger partial charge in [-0.25, -0.2) is 13.1 Å². The van der Waals surface area contributed by atoms with Crippen LogP contribution in [-0.4, -0.2) is 19.6 Å². The summed E-state index contributed by atoms with van der Waals surface area (Å²) in [4.78, 5) is 0. The van der Waals surface area contributed by atoms with Crippen molar-refractivity contribution in [3.63, 3.8) is 0 Å². The summed E-state index contributed by atoms with van der Waals surface area (Å²) in [5.74, 6) is 0.486. The highest BCUT2D eigenvalue weighted by Gasteiger charge is 2.16. The maximum absolute atomic E-state index is 12.1. The number of hydrogen-bond acceptors (Lipinski definition) is 3. The number of aliphatic hydroxyl groups excluding tert-OH is 1. The normalized spacial score (nSPS) is 15.0. The fourth-order valence-corrected chi connectivity index (χ4v) is 3.55. The van der Waals surface area contributed by atoms with Crippen LogP contribution in [0.2, 0.25) is 0 Å². The second-order valence-corrected chi connectivity index (χ2v) is 7.26. The second-order valence-electron chi connectivity index (χ2n) is 5.50. The number of aliphatic hydroxyl groups is 1. The topological polar surface area (TPSA) is 66.4 Å². The Morgan fingerprint density at radius 1 is 1.15 bits per heavy atom. The zero-order chi connectivity index (χ0) is 15.2. The SMILES string of the molecule is CCC(C)CC(C)NS(=O)(=O)Cc1ccc(CO)cc1. The zero-order valence-corrected chi connectivity index (χ0v) is 13.3. The summed E-state index contributed by atoms with van der Waals surface area (Å²) in [6.07, 6.45) is 1.90. The van der Waals surface area contributed by atoms with Gasteiger partial charge in [0.25, 0.3) is 0 Å². The zero-order valence-electron chi connectivity index (χ0n) is 12.5. The minimum absolute atomic E-state index is 0.0243. The Morgan fingerprint density at radius 2 is 1.70 bits per heavy atom. The highest BCUT2D eigenvalue weighted by Crippen LogP contribution is 2.12. The molecule has 0 aromatic heterocycles. The lowest BCUT2D eigenvalue weighted by Crippen LogP contribution is -2.34. The molecule has 2 atom stereocenters. The second kappa shape index (κ2) is 7.76. The van der Waals surface area contributed by atoms with Crippen LogP contribution in [-0.2, 0) is 22.4 Å². The van der Waals surface area contributed by atoms with Crippen LogP contribution in [0.4, 0.5) is 0 Å². The van der Waals surface area contributed by atoms with Crippen LogP contribution in [0.3, 0.4) is 0 Å². The van der Waals surface area contributed by atoms with Gasteiger partial charge in [-0.3, -0.25) is 0 Å². The van der Waals surface area contributed by atoms with E-state index in [1.807, 2.05) is 6.92 Å². The van der Waals surface area contributed by atoms with E-state index in [0.717, 1.165) is 24.0 Å². The van der Waals surface area contributed by atoms with Crippen LogP contribution in [0.15, 0.2) is 24.3 Å². The largest absolute Gasteiger partial charge is 0.392 e. The van der Waals surface area contributed by atoms with Gasteiger partial charge < -0.3 is 5.11 Å². The summed E-state index contributed by atoms with van der Waals surface area (Å²) in [6.45, 7) is 6.10. The van der Waals surface area contributed by atoms with E-state index in [1.165, 1.54) is 0 Å². The molecule has 2 N–H and O–H groups in total. The van der Waals surface area contributed by atoms with Crippen molar-refractivity contribution in [2.45, 2.75) is 52.0 Å². The standard InChI is InChI=1S/C15H25NO3S/c1-4-12(2)9-13(3)16-20(18,19)11-15-7-5-14(10-17)6-8-15/h5-8,12-13,16-17H,4,9-11H2,1-3H3. The molecule has 0 aliphatic rings. The van der Waals surface area contributed by atoms with E-state index in [0.29, 0.717) is 5.92 Å². The Bertz CT molecular complexity index is 496. The third-order valence-corrected chi connectivity index (χ3v) is 4.87. The number of rotatable bonds is 8. The molecule has 0 aliphatic heterocycles. The fourth-order valence-electron chi connectivity index (χ4n) is 2.13.